The summed E-state index contributed by atoms with van der Waals surface area (Å²) in [5.74, 6) is -1.00. The lowest BCUT2D eigenvalue weighted by molar-refractivity contribution is -0.137. The molecular weight excluding hydrogens is 244 g/mol. The molecular formula is C14H20N2O3. The van der Waals surface area contributed by atoms with Gasteiger partial charge in [0.1, 0.15) is 6.04 Å². The molecule has 0 heterocycles. The fourth-order valence-corrected chi connectivity index (χ4v) is 1.76. The Morgan fingerprint density at radius 3 is 2.47 bits per heavy atom. The van der Waals surface area contributed by atoms with Crippen LogP contribution >= 0.6 is 0 Å². The largest absolute Gasteiger partial charge is 0.480 e. The molecule has 5 nitrogen and oxygen atoms in total. The Morgan fingerprint density at radius 1 is 1.32 bits per heavy atom. The summed E-state index contributed by atoms with van der Waals surface area (Å²) in [6.07, 6.45) is 0.493. The van der Waals surface area contributed by atoms with Crippen molar-refractivity contribution in [2.24, 2.45) is 0 Å². The summed E-state index contributed by atoms with van der Waals surface area (Å²) in [6.45, 7) is 6.10. The number of benzene rings is 1. The number of carboxylic acids is 1. The summed E-state index contributed by atoms with van der Waals surface area (Å²) < 4.78 is 0. The van der Waals surface area contributed by atoms with Gasteiger partial charge in [0.15, 0.2) is 0 Å². The molecule has 1 atom stereocenters. The molecule has 0 spiro atoms. The molecule has 1 aromatic carbocycles. The normalized spacial score (nSPS) is 11.7. The lowest BCUT2D eigenvalue weighted by Crippen LogP contribution is -2.28. The molecule has 104 valence electrons. The highest BCUT2D eigenvalue weighted by Gasteiger charge is 2.15. The van der Waals surface area contributed by atoms with Crippen LogP contribution in [0.1, 0.15) is 36.2 Å². The first kappa shape index (κ1) is 15.0. The highest BCUT2D eigenvalue weighted by molar-refractivity contribution is 5.95. The lowest BCUT2D eigenvalue weighted by Gasteiger charge is -2.16. The van der Waals surface area contributed by atoms with Crippen LogP contribution in [-0.4, -0.2) is 29.6 Å². The first-order chi connectivity index (χ1) is 8.99. The highest BCUT2D eigenvalue weighted by Crippen LogP contribution is 2.18. The van der Waals surface area contributed by atoms with Gasteiger partial charge in [0.25, 0.3) is 5.91 Å². The molecule has 19 heavy (non-hydrogen) atoms. The Labute approximate surface area is 113 Å². The first-order valence-corrected chi connectivity index (χ1v) is 6.37. The lowest BCUT2D eigenvalue weighted by atomic mass is 10.1. The summed E-state index contributed by atoms with van der Waals surface area (Å²) >= 11 is 0. The van der Waals surface area contributed by atoms with Gasteiger partial charge in [-0.1, -0.05) is 6.92 Å². The van der Waals surface area contributed by atoms with E-state index in [1.807, 2.05) is 20.8 Å². The maximum atomic E-state index is 11.7. The minimum absolute atomic E-state index is 0.123. The topological polar surface area (TPSA) is 78.4 Å². The molecule has 1 unspecified atom stereocenters. The molecule has 0 aromatic heterocycles. The van der Waals surface area contributed by atoms with Crippen LogP contribution in [0.5, 0.6) is 0 Å². The molecule has 1 rings (SSSR count). The third kappa shape index (κ3) is 3.98. The summed E-state index contributed by atoms with van der Waals surface area (Å²) in [5, 5.41) is 14.7. The van der Waals surface area contributed by atoms with Gasteiger partial charge in [-0.25, -0.2) is 4.79 Å². The minimum atomic E-state index is -0.880. The van der Waals surface area contributed by atoms with E-state index in [0.29, 0.717) is 18.5 Å². The van der Waals surface area contributed by atoms with Crippen molar-refractivity contribution < 1.29 is 14.7 Å². The number of hydrogen-bond donors (Lipinski definition) is 3. The molecule has 5 heteroatoms. The average molecular weight is 264 g/mol. The second kappa shape index (κ2) is 6.78. The highest BCUT2D eigenvalue weighted by atomic mass is 16.4. The monoisotopic (exact) mass is 264 g/mol. The molecule has 3 N–H and O–H groups in total. The number of carbonyl (C=O) groups excluding carboxylic acids is 1. The Hall–Kier alpha value is -2.04. The van der Waals surface area contributed by atoms with E-state index in [4.69, 9.17) is 5.11 Å². The van der Waals surface area contributed by atoms with Crippen molar-refractivity contribution in [2.75, 3.05) is 11.9 Å². The number of anilines is 1. The van der Waals surface area contributed by atoms with Gasteiger partial charge < -0.3 is 15.7 Å². The van der Waals surface area contributed by atoms with Gasteiger partial charge in [0.2, 0.25) is 0 Å². The first-order valence-electron chi connectivity index (χ1n) is 6.37. The van der Waals surface area contributed by atoms with Gasteiger partial charge in [-0.15, -0.1) is 0 Å². The predicted octanol–water partition coefficient (Wildman–Crippen LogP) is 2.02. The molecule has 1 amide bonds. The van der Waals surface area contributed by atoms with E-state index in [0.717, 1.165) is 11.3 Å². The van der Waals surface area contributed by atoms with E-state index >= 15 is 0 Å². The molecule has 1 aromatic rings. The van der Waals surface area contributed by atoms with Crippen LogP contribution < -0.4 is 10.6 Å². The smallest absolute Gasteiger partial charge is 0.326 e. The quantitative estimate of drug-likeness (QED) is 0.734. The van der Waals surface area contributed by atoms with E-state index in [-0.39, 0.29) is 5.91 Å². The van der Waals surface area contributed by atoms with Crippen molar-refractivity contribution in [3.8, 4) is 0 Å². The molecule has 0 fully saturated rings. The van der Waals surface area contributed by atoms with Crippen LogP contribution in [0, 0.1) is 6.92 Å². The van der Waals surface area contributed by atoms with Crippen LogP contribution in [0.25, 0.3) is 0 Å². The van der Waals surface area contributed by atoms with E-state index < -0.39 is 12.0 Å². The Bertz CT molecular complexity index is 472. The predicted molar refractivity (Wildman–Crippen MR) is 74.5 cm³/mol. The van der Waals surface area contributed by atoms with Gasteiger partial charge >= 0.3 is 5.97 Å². The summed E-state index contributed by atoms with van der Waals surface area (Å²) in [6, 6.07) is 4.57. The van der Waals surface area contributed by atoms with Gasteiger partial charge in [-0.05, 0) is 44.0 Å². The second-order valence-corrected chi connectivity index (χ2v) is 4.33. The van der Waals surface area contributed by atoms with Crippen molar-refractivity contribution in [1.29, 1.82) is 0 Å². The number of nitrogens with one attached hydrogen (secondary N) is 2. The second-order valence-electron chi connectivity index (χ2n) is 4.33. The summed E-state index contributed by atoms with van der Waals surface area (Å²) in [4.78, 5) is 22.6. The zero-order valence-electron chi connectivity index (χ0n) is 11.5. The third-order valence-electron chi connectivity index (χ3n) is 2.86. The number of hydrogen-bond acceptors (Lipinski definition) is 3. The van der Waals surface area contributed by atoms with Crippen LogP contribution in [0.15, 0.2) is 18.2 Å². The Balaban J connectivity index is 2.88. The zero-order valence-corrected chi connectivity index (χ0v) is 11.5. The van der Waals surface area contributed by atoms with Crippen molar-refractivity contribution in [1.82, 2.24) is 5.32 Å². The van der Waals surface area contributed by atoms with Crippen LogP contribution in [-0.2, 0) is 4.79 Å². The Kier molecular flexibility index (Phi) is 5.36. The van der Waals surface area contributed by atoms with E-state index in [2.05, 4.69) is 10.6 Å². The van der Waals surface area contributed by atoms with E-state index in [1.165, 1.54) is 0 Å². The Morgan fingerprint density at radius 2 is 2.00 bits per heavy atom. The van der Waals surface area contributed by atoms with Crippen LogP contribution in [0.4, 0.5) is 5.69 Å². The molecule has 0 bridgehead atoms. The van der Waals surface area contributed by atoms with Crippen molar-refractivity contribution in [3.63, 3.8) is 0 Å². The van der Waals surface area contributed by atoms with Gasteiger partial charge in [0, 0.05) is 17.8 Å². The number of aliphatic carboxylic acids is 1. The maximum Gasteiger partial charge on any atom is 0.326 e. The number of carboxylic acid groups (broad SMARTS) is 1. The maximum absolute atomic E-state index is 11.7. The van der Waals surface area contributed by atoms with Crippen molar-refractivity contribution in [2.45, 2.75) is 33.2 Å². The van der Waals surface area contributed by atoms with Gasteiger partial charge in [-0.3, -0.25) is 4.79 Å². The SMILES string of the molecule is CCNC(=O)c1ccc(NC(CC)C(=O)O)c(C)c1. The summed E-state index contributed by atoms with van der Waals surface area (Å²) in [7, 11) is 0. The fourth-order valence-electron chi connectivity index (χ4n) is 1.76. The molecule has 0 aliphatic heterocycles. The standard InChI is InChI=1S/C14H20N2O3/c1-4-11(14(18)19)16-12-7-6-10(8-9(12)3)13(17)15-5-2/h6-8,11,16H,4-5H2,1-3H3,(H,15,17)(H,18,19). The number of amides is 1. The van der Waals surface area contributed by atoms with Crippen molar-refractivity contribution in [3.05, 3.63) is 29.3 Å². The van der Waals surface area contributed by atoms with Crippen LogP contribution in [0.3, 0.4) is 0 Å². The summed E-state index contributed by atoms with van der Waals surface area (Å²) in [5.41, 5.74) is 2.17. The van der Waals surface area contributed by atoms with Crippen molar-refractivity contribution >= 4 is 17.6 Å². The van der Waals surface area contributed by atoms with Gasteiger partial charge in [-0.2, -0.15) is 0 Å². The minimum Gasteiger partial charge on any atom is -0.480 e. The average Bonchev–Trinajstić information content (AvgIpc) is 2.37. The molecule has 0 aliphatic carbocycles. The number of carbonyl (C=O) groups is 2. The molecule has 0 radical (unpaired) electrons. The van der Waals surface area contributed by atoms with Crippen LogP contribution in [0.2, 0.25) is 0 Å². The number of aryl methyl sites for hydroxylation is 1. The number of rotatable bonds is 6. The van der Waals surface area contributed by atoms with Gasteiger partial charge in [0.05, 0.1) is 0 Å². The zero-order chi connectivity index (χ0) is 14.4. The van der Waals surface area contributed by atoms with E-state index in [9.17, 15) is 9.59 Å². The third-order valence-corrected chi connectivity index (χ3v) is 2.86. The fraction of sp³-hybridized carbons (Fsp3) is 0.429. The van der Waals surface area contributed by atoms with E-state index in [1.54, 1.807) is 18.2 Å². The molecule has 0 saturated carbocycles. The molecule has 0 aliphatic rings. The molecule has 0 saturated heterocycles.